The molecule has 3 N–H and O–H groups in total. The highest BCUT2D eigenvalue weighted by Gasteiger charge is 2.17. The number of amides is 2. The number of aliphatic carboxylic acids is 1. The number of carboxylic acid groups (broad SMARTS) is 1. The Kier molecular flexibility index (Phi) is 9.00. The van der Waals surface area contributed by atoms with Crippen molar-refractivity contribution in [3.63, 3.8) is 0 Å². The van der Waals surface area contributed by atoms with Crippen LogP contribution >= 0.6 is 0 Å². The standard InChI is InChI=1S/C12H25N3O3/c1-4-13-7-5-8-14-12(18)15(10(2)3)9-6-11(16)17/h10,13H,4-9H2,1-3H3,(H,14,18)(H,16,17). The predicted octanol–water partition coefficient (Wildman–Crippen LogP) is 0.881. The molecular formula is C12H25N3O3. The maximum Gasteiger partial charge on any atom is 0.317 e. The predicted molar refractivity (Wildman–Crippen MR) is 70.7 cm³/mol. The lowest BCUT2D eigenvalue weighted by molar-refractivity contribution is -0.137. The van der Waals surface area contributed by atoms with E-state index in [0.29, 0.717) is 6.54 Å². The number of nitrogens with zero attached hydrogens (tertiary/aromatic N) is 1. The molecule has 0 aromatic rings. The van der Waals surface area contributed by atoms with Crippen LogP contribution in [0.3, 0.4) is 0 Å². The van der Waals surface area contributed by atoms with Crippen LogP contribution in [0.4, 0.5) is 4.79 Å². The van der Waals surface area contributed by atoms with Crippen molar-refractivity contribution in [1.29, 1.82) is 0 Å². The van der Waals surface area contributed by atoms with Crippen molar-refractivity contribution < 1.29 is 14.7 Å². The molecule has 0 aromatic heterocycles. The van der Waals surface area contributed by atoms with E-state index in [9.17, 15) is 9.59 Å². The number of carboxylic acids is 1. The third-order valence-corrected chi connectivity index (χ3v) is 2.51. The van der Waals surface area contributed by atoms with Crippen molar-refractivity contribution in [2.75, 3.05) is 26.2 Å². The third-order valence-electron chi connectivity index (χ3n) is 2.51. The lowest BCUT2D eigenvalue weighted by Crippen LogP contribution is -2.45. The van der Waals surface area contributed by atoms with Gasteiger partial charge in [0.05, 0.1) is 6.42 Å². The van der Waals surface area contributed by atoms with Crippen LogP contribution < -0.4 is 10.6 Å². The molecule has 0 aliphatic rings. The van der Waals surface area contributed by atoms with E-state index in [0.717, 1.165) is 19.5 Å². The lowest BCUT2D eigenvalue weighted by atomic mass is 10.3. The van der Waals surface area contributed by atoms with Gasteiger partial charge in [-0.25, -0.2) is 4.79 Å². The van der Waals surface area contributed by atoms with Gasteiger partial charge in [0, 0.05) is 19.1 Å². The maximum absolute atomic E-state index is 11.8. The number of carbonyl (C=O) groups is 2. The maximum atomic E-state index is 11.8. The number of urea groups is 1. The Bertz CT molecular complexity index is 257. The Morgan fingerprint density at radius 1 is 1.28 bits per heavy atom. The summed E-state index contributed by atoms with van der Waals surface area (Å²) in [6, 6.07) is -0.194. The largest absolute Gasteiger partial charge is 0.481 e. The van der Waals surface area contributed by atoms with Gasteiger partial charge in [-0.15, -0.1) is 0 Å². The molecule has 18 heavy (non-hydrogen) atoms. The Balaban J connectivity index is 3.95. The molecule has 0 aliphatic carbocycles. The van der Waals surface area contributed by atoms with E-state index in [2.05, 4.69) is 10.6 Å². The molecule has 0 spiro atoms. The zero-order valence-corrected chi connectivity index (χ0v) is 11.5. The number of hydrogen-bond donors (Lipinski definition) is 3. The molecule has 0 radical (unpaired) electrons. The Labute approximate surface area is 109 Å². The van der Waals surface area contributed by atoms with E-state index in [-0.39, 0.29) is 25.0 Å². The molecular weight excluding hydrogens is 234 g/mol. The van der Waals surface area contributed by atoms with Crippen molar-refractivity contribution in [2.24, 2.45) is 0 Å². The van der Waals surface area contributed by atoms with Crippen LogP contribution in [-0.4, -0.2) is 54.2 Å². The van der Waals surface area contributed by atoms with Gasteiger partial charge in [-0.05, 0) is 33.4 Å². The summed E-state index contributed by atoms with van der Waals surface area (Å²) < 4.78 is 0. The number of hydrogen-bond acceptors (Lipinski definition) is 3. The highest BCUT2D eigenvalue weighted by atomic mass is 16.4. The van der Waals surface area contributed by atoms with Gasteiger partial charge in [-0.2, -0.15) is 0 Å². The smallest absolute Gasteiger partial charge is 0.317 e. The summed E-state index contributed by atoms with van der Waals surface area (Å²) >= 11 is 0. The van der Waals surface area contributed by atoms with E-state index in [1.807, 2.05) is 20.8 Å². The highest BCUT2D eigenvalue weighted by molar-refractivity contribution is 5.75. The Hall–Kier alpha value is -1.30. The van der Waals surface area contributed by atoms with Crippen molar-refractivity contribution in [3.8, 4) is 0 Å². The molecule has 0 bridgehead atoms. The molecule has 0 saturated carbocycles. The molecule has 6 nitrogen and oxygen atoms in total. The Morgan fingerprint density at radius 2 is 1.94 bits per heavy atom. The molecule has 0 rings (SSSR count). The van der Waals surface area contributed by atoms with Gasteiger partial charge in [0.25, 0.3) is 0 Å². The molecule has 0 aromatic carbocycles. The summed E-state index contributed by atoms with van der Waals surface area (Å²) in [6.07, 6.45) is 0.841. The minimum Gasteiger partial charge on any atom is -0.481 e. The van der Waals surface area contributed by atoms with Crippen molar-refractivity contribution in [3.05, 3.63) is 0 Å². The first-order valence-corrected chi connectivity index (χ1v) is 6.46. The average Bonchev–Trinajstić information content (AvgIpc) is 2.28. The van der Waals surface area contributed by atoms with Gasteiger partial charge >= 0.3 is 12.0 Å². The van der Waals surface area contributed by atoms with Crippen LogP contribution in [-0.2, 0) is 4.79 Å². The average molecular weight is 259 g/mol. The van der Waals surface area contributed by atoms with Gasteiger partial charge in [0.2, 0.25) is 0 Å². The fourth-order valence-corrected chi connectivity index (χ4v) is 1.50. The molecule has 0 heterocycles. The summed E-state index contributed by atoms with van der Waals surface area (Å²) in [5, 5.41) is 14.6. The second-order valence-electron chi connectivity index (χ2n) is 4.37. The summed E-state index contributed by atoms with van der Waals surface area (Å²) in [6.45, 7) is 8.41. The summed E-state index contributed by atoms with van der Waals surface area (Å²) in [4.78, 5) is 23.9. The minimum absolute atomic E-state index is 0.00174. The summed E-state index contributed by atoms with van der Waals surface area (Å²) in [7, 11) is 0. The van der Waals surface area contributed by atoms with E-state index in [1.165, 1.54) is 0 Å². The van der Waals surface area contributed by atoms with Crippen molar-refractivity contribution >= 4 is 12.0 Å². The van der Waals surface area contributed by atoms with Crippen LogP contribution in [0.25, 0.3) is 0 Å². The number of rotatable bonds is 9. The molecule has 0 unspecified atom stereocenters. The third kappa shape index (κ3) is 7.89. The fraction of sp³-hybridized carbons (Fsp3) is 0.833. The van der Waals surface area contributed by atoms with Gasteiger partial charge in [0.1, 0.15) is 0 Å². The van der Waals surface area contributed by atoms with Crippen LogP contribution in [0.2, 0.25) is 0 Å². The number of carbonyl (C=O) groups excluding carboxylic acids is 1. The Morgan fingerprint density at radius 3 is 2.44 bits per heavy atom. The molecule has 0 atom stereocenters. The first-order chi connectivity index (χ1) is 8.49. The van der Waals surface area contributed by atoms with Crippen LogP contribution in [0.15, 0.2) is 0 Å². The second kappa shape index (κ2) is 9.70. The van der Waals surface area contributed by atoms with Gasteiger partial charge < -0.3 is 20.6 Å². The molecule has 6 heteroatoms. The zero-order valence-electron chi connectivity index (χ0n) is 11.5. The van der Waals surface area contributed by atoms with Crippen LogP contribution in [0, 0.1) is 0 Å². The molecule has 0 saturated heterocycles. The molecule has 106 valence electrons. The zero-order chi connectivity index (χ0) is 14.0. The topological polar surface area (TPSA) is 81.7 Å². The van der Waals surface area contributed by atoms with Crippen LogP contribution in [0.1, 0.15) is 33.6 Å². The van der Waals surface area contributed by atoms with Crippen molar-refractivity contribution in [2.45, 2.75) is 39.7 Å². The SMILES string of the molecule is CCNCCCNC(=O)N(CCC(=O)O)C(C)C. The minimum atomic E-state index is -0.888. The fourth-order valence-electron chi connectivity index (χ4n) is 1.50. The van der Waals surface area contributed by atoms with Crippen LogP contribution in [0.5, 0.6) is 0 Å². The van der Waals surface area contributed by atoms with Gasteiger partial charge in [-0.3, -0.25) is 4.79 Å². The van der Waals surface area contributed by atoms with Gasteiger partial charge in [0.15, 0.2) is 0 Å². The van der Waals surface area contributed by atoms with E-state index < -0.39 is 5.97 Å². The van der Waals surface area contributed by atoms with E-state index in [1.54, 1.807) is 4.90 Å². The normalized spacial score (nSPS) is 10.4. The highest BCUT2D eigenvalue weighted by Crippen LogP contribution is 2.00. The first kappa shape index (κ1) is 16.7. The summed E-state index contributed by atoms with van der Waals surface area (Å²) in [5.74, 6) is -0.888. The van der Waals surface area contributed by atoms with E-state index in [4.69, 9.17) is 5.11 Å². The van der Waals surface area contributed by atoms with Gasteiger partial charge in [-0.1, -0.05) is 6.92 Å². The van der Waals surface area contributed by atoms with Crippen molar-refractivity contribution in [1.82, 2.24) is 15.5 Å². The molecule has 0 fully saturated rings. The quantitative estimate of drug-likeness (QED) is 0.537. The molecule has 2 amide bonds. The van der Waals surface area contributed by atoms with E-state index >= 15 is 0 Å². The lowest BCUT2D eigenvalue weighted by Gasteiger charge is -2.26. The summed E-state index contributed by atoms with van der Waals surface area (Å²) in [5.41, 5.74) is 0. The monoisotopic (exact) mass is 259 g/mol. The molecule has 0 aliphatic heterocycles. The number of nitrogens with one attached hydrogen (secondary N) is 2. The first-order valence-electron chi connectivity index (χ1n) is 6.46. The second-order valence-corrected chi connectivity index (χ2v) is 4.37.